The fourth-order valence-corrected chi connectivity index (χ4v) is 2.17. The molecule has 0 bridgehead atoms. The molecule has 104 valence electrons. The molecule has 0 saturated heterocycles. The second kappa shape index (κ2) is 7.11. The van der Waals surface area contributed by atoms with E-state index in [4.69, 9.17) is 11.6 Å². The quantitative estimate of drug-likeness (QED) is 0.836. The van der Waals surface area contributed by atoms with E-state index in [-0.39, 0.29) is 5.91 Å². The van der Waals surface area contributed by atoms with Crippen LogP contribution in [0.25, 0.3) is 0 Å². The highest BCUT2D eigenvalue weighted by atomic mass is 35.5. The molecule has 2 rings (SSSR count). The van der Waals surface area contributed by atoms with Crippen LogP contribution in [-0.4, -0.2) is 12.5 Å². The van der Waals surface area contributed by atoms with E-state index in [2.05, 4.69) is 36.5 Å². The Kier molecular flexibility index (Phi) is 5.19. The van der Waals surface area contributed by atoms with Crippen molar-refractivity contribution in [2.24, 2.45) is 0 Å². The zero-order valence-corrected chi connectivity index (χ0v) is 12.2. The molecule has 1 N–H and O–H groups in total. The molecule has 1 atom stereocenters. The van der Waals surface area contributed by atoms with E-state index in [0.717, 1.165) is 12.0 Å². The molecule has 0 aromatic heterocycles. The first-order chi connectivity index (χ1) is 9.66. The minimum atomic E-state index is -0.630. The largest absolute Gasteiger partial charge is 0.354 e. The second-order valence-corrected chi connectivity index (χ2v) is 5.24. The van der Waals surface area contributed by atoms with Gasteiger partial charge in [0.25, 0.3) is 0 Å². The number of rotatable bonds is 5. The third-order valence-corrected chi connectivity index (χ3v) is 3.61. The molecule has 2 aromatic carbocycles. The van der Waals surface area contributed by atoms with E-state index in [1.807, 2.05) is 30.3 Å². The Bertz CT molecular complexity index is 551. The van der Waals surface area contributed by atoms with Gasteiger partial charge in [0.1, 0.15) is 5.38 Å². The summed E-state index contributed by atoms with van der Waals surface area (Å²) in [4.78, 5) is 11.9. The first-order valence-corrected chi connectivity index (χ1v) is 7.13. The number of hydrogen-bond donors (Lipinski definition) is 1. The normalized spacial score (nSPS) is 11.9. The zero-order valence-electron chi connectivity index (χ0n) is 11.5. The number of nitrogens with one attached hydrogen (secondary N) is 1. The van der Waals surface area contributed by atoms with Crippen molar-refractivity contribution >= 4 is 17.5 Å². The molecule has 0 saturated carbocycles. The maximum Gasteiger partial charge on any atom is 0.242 e. The van der Waals surface area contributed by atoms with Crippen molar-refractivity contribution in [3.8, 4) is 0 Å². The Hall–Kier alpha value is -1.80. The summed E-state index contributed by atoms with van der Waals surface area (Å²) < 4.78 is 0. The van der Waals surface area contributed by atoms with Crippen LogP contribution < -0.4 is 5.32 Å². The fourth-order valence-electron chi connectivity index (χ4n) is 1.95. The Morgan fingerprint density at radius 3 is 2.40 bits per heavy atom. The molecule has 0 heterocycles. The lowest BCUT2D eigenvalue weighted by atomic mass is 10.1. The van der Waals surface area contributed by atoms with Gasteiger partial charge in [-0.15, -0.1) is 11.6 Å². The molecule has 0 fully saturated rings. The average Bonchev–Trinajstić information content (AvgIpc) is 2.49. The van der Waals surface area contributed by atoms with Crippen LogP contribution in [0, 0.1) is 6.92 Å². The van der Waals surface area contributed by atoms with E-state index < -0.39 is 5.38 Å². The van der Waals surface area contributed by atoms with E-state index >= 15 is 0 Å². The van der Waals surface area contributed by atoms with Crippen molar-refractivity contribution in [2.45, 2.75) is 18.7 Å². The number of carbonyl (C=O) groups is 1. The lowest BCUT2D eigenvalue weighted by Crippen LogP contribution is -2.28. The van der Waals surface area contributed by atoms with E-state index in [1.165, 1.54) is 11.1 Å². The van der Waals surface area contributed by atoms with Crippen LogP contribution in [0.15, 0.2) is 54.6 Å². The van der Waals surface area contributed by atoms with Crippen LogP contribution in [0.5, 0.6) is 0 Å². The molecule has 0 aliphatic carbocycles. The van der Waals surface area contributed by atoms with E-state index in [9.17, 15) is 4.79 Å². The molecular formula is C17H18ClNO. The molecule has 0 aliphatic heterocycles. The lowest BCUT2D eigenvalue weighted by Gasteiger charge is -2.11. The summed E-state index contributed by atoms with van der Waals surface area (Å²) in [6.45, 7) is 2.65. The molecule has 2 aromatic rings. The van der Waals surface area contributed by atoms with Crippen molar-refractivity contribution in [3.05, 3.63) is 71.3 Å². The first kappa shape index (κ1) is 14.6. The van der Waals surface area contributed by atoms with Gasteiger partial charge >= 0.3 is 0 Å². The standard InChI is InChI=1S/C17H18ClNO/c1-13-7-9-14(10-8-13)11-12-19-17(20)16(18)15-5-3-2-4-6-15/h2-10,16H,11-12H2,1H3,(H,19,20). The number of aryl methyl sites for hydroxylation is 1. The summed E-state index contributed by atoms with van der Waals surface area (Å²) in [5, 5.41) is 2.24. The summed E-state index contributed by atoms with van der Waals surface area (Å²) in [7, 11) is 0. The third-order valence-electron chi connectivity index (χ3n) is 3.16. The van der Waals surface area contributed by atoms with E-state index in [0.29, 0.717) is 6.54 Å². The Morgan fingerprint density at radius 1 is 1.10 bits per heavy atom. The summed E-state index contributed by atoms with van der Waals surface area (Å²) in [6.07, 6.45) is 0.810. The van der Waals surface area contributed by atoms with Crippen LogP contribution in [0.1, 0.15) is 22.1 Å². The summed E-state index contributed by atoms with van der Waals surface area (Å²) in [5.41, 5.74) is 3.27. The van der Waals surface area contributed by atoms with Gasteiger partial charge in [0.05, 0.1) is 0 Å². The molecule has 3 heteroatoms. The van der Waals surface area contributed by atoms with Crippen molar-refractivity contribution in [1.82, 2.24) is 5.32 Å². The Balaban J connectivity index is 1.82. The van der Waals surface area contributed by atoms with Gasteiger partial charge in [0.15, 0.2) is 0 Å². The minimum absolute atomic E-state index is 0.148. The Morgan fingerprint density at radius 2 is 1.75 bits per heavy atom. The second-order valence-electron chi connectivity index (χ2n) is 4.80. The zero-order chi connectivity index (χ0) is 14.4. The van der Waals surface area contributed by atoms with Crippen LogP contribution in [0.2, 0.25) is 0 Å². The molecule has 0 radical (unpaired) electrons. The van der Waals surface area contributed by atoms with Gasteiger partial charge in [-0.1, -0.05) is 60.2 Å². The average molecular weight is 288 g/mol. The van der Waals surface area contributed by atoms with Gasteiger partial charge in [-0.2, -0.15) is 0 Å². The molecule has 20 heavy (non-hydrogen) atoms. The fraction of sp³-hybridized carbons (Fsp3) is 0.235. The lowest BCUT2D eigenvalue weighted by molar-refractivity contribution is -0.120. The number of hydrogen-bond acceptors (Lipinski definition) is 1. The molecular weight excluding hydrogens is 270 g/mol. The molecule has 1 unspecified atom stereocenters. The summed E-state index contributed by atoms with van der Waals surface area (Å²) in [6, 6.07) is 17.7. The van der Waals surface area contributed by atoms with Gasteiger partial charge in [0.2, 0.25) is 5.91 Å². The highest BCUT2D eigenvalue weighted by molar-refractivity contribution is 6.30. The van der Waals surface area contributed by atoms with Gasteiger partial charge < -0.3 is 5.32 Å². The van der Waals surface area contributed by atoms with Crippen LogP contribution in [0.3, 0.4) is 0 Å². The highest BCUT2D eigenvalue weighted by Gasteiger charge is 2.16. The predicted molar refractivity (Wildman–Crippen MR) is 82.9 cm³/mol. The van der Waals surface area contributed by atoms with Crippen LogP contribution >= 0.6 is 11.6 Å². The van der Waals surface area contributed by atoms with E-state index in [1.54, 1.807) is 0 Å². The highest BCUT2D eigenvalue weighted by Crippen LogP contribution is 2.19. The molecule has 0 aliphatic rings. The Labute approximate surface area is 124 Å². The first-order valence-electron chi connectivity index (χ1n) is 6.69. The van der Waals surface area contributed by atoms with Gasteiger partial charge in [0, 0.05) is 6.54 Å². The van der Waals surface area contributed by atoms with Gasteiger partial charge in [-0.05, 0) is 24.5 Å². The SMILES string of the molecule is Cc1ccc(CCNC(=O)C(Cl)c2ccccc2)cc1. The number of amides is 1. The third kappa shape index (κ3) is 4.10. The smallest absolute Gasteiger partial charge is 0.242 e. The maximum absolute atomic E-state index is 11.9. The summed E-state index contributed by atoms with van der Waals surface area (Å²) >= 11 is 6.15. The maximum atomic E-state index is 11.9. The van der Waals surface area contributed by atoms with Crippen LogP contribution in [0.4, 0.5) is 0 Å². The van der Waals surface area contributed by atoms with Crippen molar-refractivity contribution in [3.63, 3.8) is 0 Å². The van der Waals surface area contributed by atoms with Gasteiger partial charge in [-0.25, -0.2) is 0 Å². The van der Waals surface area contributed by atoms with Crippen LogP contribution in [-0.2, 0) is 11.2 Å². The summed E-state index contributed by atoms with van der Waals surface area (Å²) in [5.74, 6) is -0.148. The van der Waals surface area contributed by atoms with Gasteiger partial charge in [-0.3, -0.25) is 4.79 Å². The minimum Gasteiger partial charge on any atom is -0.354 e. The van der Waals surface area contributed by atoms with Crippen molar-refractivity contribution in [2.75, 3.05) is 6.54 Å². The number of halogens is 1. The topological polar surface area (TPSA) is 29.1 Å². The molecule has 1 amide bonds. The van der Waals surface area contributed by atoms with Crippen molar-refractivity contribution in [1.29, 1.82) is 0 Å². The number of alkyl halides is 1. The monoisotopic (exact) mass is 287 g/mol. The van der Waals surface area contributed by atoms with Crippen molar-refractivity contribution < 1.29 is 4.79 Å². The molecule has 2 nitrogen and oxygen atoms in total. The number of carbonyl (C=O) groups excluding carboxylic acids is 1. The number of benzene rings is 2. The molecule has 0 spiro atoms. The predicted octanol–water partition coefficient (Wildman–Crippen LogP) is 3.63.